The molecule has 0 saturated heterocycles. The highest BCUT2D eigenvalue weighted by molar-refractivity contribution is 7.47. The first-order valence-corrected chi connectivity index (χ1v) is 10.2. The molecule has 1 aromatic rings. The van der Waals surface area contributed by atoms with Gasteiger partial charge < -0.3 is 4.52 Å². The van der Waals surface area contributed by atoms with Gasteiger partial charge in [-0.15, -0.1) is 0 Å². The third-order valence-electron chi connectivity index (χ3n) is 3.84. The van der Waals surface area contributed by atoms with Crippen molar-refractivity contribution in [3.63, 3.8) is 0 Å². The summed E-state index contributed by atoms with van der Waals surface area (Å²) in [6, 6.07) is 5.21. The molecule has 0 aliphatic heterocycles. The monoisotopic (exact) mass is 374 g/mol. The predicted octanol–water partition coefficient (Wildman–Crippen LogP) is 5.95. The summed E-state index contributed by atoms with van der Waals surface area (Å²) in [6.45, 7) is 17.6. The van der Waals surface area contributed by atoms with E-state index in [-0.39, 0.29) is 6.61 Å². The van der Waals surface area contributed by atoms with E-state index in [2.05, 4.69) is 64.7 Å². The van der Waals surface area contributed by atoms with E-state index in [9.17, 15) is 8.78 Å². The van der Waals surface area contributed by atoms with Gasteiger partial charge in [0.2, 0.25) is 0 Å². The Morgan fingerprint density at radius 3 is 1.60 bits per heavy atom. The first kappa shape index (κ1) is 22.4. The Labute approximate surface area is 153 Å². The van der Waals surface area contributed by atoms with Crippen molar-refractivity contribution in [3.05, 3.63) is 35.4 Å². The van der Waals surface area contributed by atoms with Crippen LogP contribution in [0.1, 0.15) is 61.0 Å². The van der Waals surface area contributed by atoms with Crippen molar-refractivity contribution in [2.45, 2.75) is 86.2 Å². The zero-order chi connectivity index (χ0) is 19.3. The Morgan fingerprint density at radius 2 is 1.24 bits per heavy atom. The van der Waals surface area contributed by atoms with E-state index < -0.39 is 20.1 Å². The molecule has 0 aromatic heterocycles. The van der Waals surface area contributed by atoms with Crippen molar-refractivity contribution >= 4 is 8.45 Å². The molecule has 0 bridgehead atoms. The van der Waals surface area contributed by atoms with Crippen LogP contribution in [0.2, 0.25) is 0 Å². The highest BCUT2D eigenvalue weighted by Crippen LogP contribution is 2.51. The number of rotatable bonds is 9. The molecular weight excluding hydrogens is 341 g/mol. The SMILES string of the molecule is CC(C)N(C(C)C)P(OCc1ccc(F)c(F)c1)N(C(C)C)C(C)C. The molecule has 0 aliphatic rings. The lowest BCUT2D eigenvalue weighted by molar-refractivity contribution is 0.181. The Morgan fingerprint density at radius 1 is 0.800 bits per heavy atom. The average molecular weight is 374 g/mol. The fourth-order valence-electron chi connectivity index (χ4n) is 3.00. The van der Waals surface area contributed by atoms with Gasteiger partial charge in [-0.1, -0.05) is 6.07 Å². The van der Waals surface area contributed by atoms with Crippen LogP contribution in [0.25, 0.3) is 0 Å². The quantitative estimate of drug-likeness (QED) is 0.497. The van der Waals surface area contributed by atoms with E-state index in [4.69, 9.17) is 4.52 Å². The molecular formula is C19H33F2N2OP. The number of benzene rings is 1. The number of hydrogen-bond acceptors (Lipinski definition) is 3. The number of hydrogen-bond donors (Lipinski definition) is 0. The maximum atomic E-state index is 13.5. The summed E-state index contributed by atoms with van der Waals surface area (Å²) >= 11 is 0. The van der Waals surface area contributed by atoms with Gasteiger partial charge in [0.05, 0.1) is 6.61 Å². The summed E-state index contributed by atoms with van der Waals surface area (Å²) < 4.78 is 37.7. The minimum Gasteiger partial charge on any atom is -0.326 e. The second kappa shape index (κ2) is 9.91. The van der Waals surface area contributed by atoms with Crippen LogP contribution in [-0.4, -0.2) is 33.5 Å². The Balaban J connectivity index is 3.10. The molecule has 0 radical (unpaired) electrons. The fourth-order valence-corrected chi connectivity index (χ4v) is 5.35. The van der Waals surface area contributed by atoms with Crippen LogP contribution in [0.5, 0.6) is 0 Å². The van der Waals surface area contributed by atoms with Gasteiger partial charge in [-0.2, -0.15) is 0 Å². The molecule has 0 unspecified atom stereocenters. The molecule has 144 valence electrons. The van der Waals surface area contributed by atoms with Crippen LogP contribution in [-0.2, 0) is 11.1 Å². The molecule has 0 heterocycles. The summed E-state index contributed by atoms with van der Waals surface area (Å²) in [4.78, 5) is 0. The van der Waals surface area contributed by atoms with Crippen LogP contribution in [0.3, 0.4) is 0 Å². The van der Waals surface area contributed by atoms with E-state index in [1.165, 1.54) is 6.07 Å². The van der Waals surface area contributed by atoms with Crippen molar-refractivity contribution in [1.82, 2.24) is 9.34 Å². The number of nitrogens with zero attached hydrogens (tertiary/aromatic N) is 2. The first-order chi connectivity index (χ1) is 11.6. The van der Waals surface area contributed by atoms with Gasteiger partial charge in [-0.25, -0.2) is 18.1 Å². The lowest BCUT2D eigenvalue weighted by atomic mass is 10.2. The van der Waals surface area contributed by atoms with Crippen molar-refractivity contribution in [3.8, 4) is 0 Å². The Kier molecular flexibility index (Phi) is 8.90. The van der Waals surface area contributed by atoms with Crippen LogP contribution >= 0.6 is 8.45 Å². The summed E-state index contributed by atoms with van der Waals surface area (Å²) in [5.74, 6) is -1.66. The van der Waals surface area contributed by atoms with Gasteiger partial charge in [0.25, 0.3) is 0 Å². The van der Waals surface area contributed by atoms with Crippen LogP contribution in [0, 0.1) is 11.6 Å². The van der Waals surface area contributed by atoms with Gasteiger partial charge in [0.1, 0.15) is 0 Å². The summed E-state index contributed by atoms with van der Waals surface area (Å²) in [5, 5.41) is 0. The Hall–Kier alpha value is -0.610. The summed E-state index contributed by atoms with van der Waals surface area (Å²) in [6.07, 6.45) is 0. The van der Waals surface area contributed by atoms with Gasteiger partial charge in [0.15, 0.2) is 20.1 Å². The molecule has 0 aliphatic carbocycles. The molecule has 6 heteroatoms. The minimum atomic E-state index is -1.04. The normalized spacial score (nSPS) is 12.8. The molecule has 0 spiro atoms. The highest BCUT2D eigenvalue weighted by Gasteiger charge is 2.34. The van der Waals surface area contributed by atoms with Crippen LogP contribution < -0.4 is 0 Å². The highest BCUT2D eigenvalue weighted by atomic mass is 31.2. The third kappa shape index (κ3) is 6.25. The van der Waals surface area contributed by atoms with E-state index in [0.29, 0.717) is 29.7 Å². The van der Waals surface area contributed by atoms with E-state index in [1.807, 2.05) is 0 Å². The molecule has 25 heavy (non-hydrogen) atoms. The molecule has 0 amide bonds. The summed E-state index contributed by atoms with van der Waals surface area (Å²) in [5.41, 5.74) is 0.645. The molecule has 1 rings (SSSR count). The van der Waals surface area contributed by atoms with E-state index >= 15 is 0 Å². The van der Waals surface area contributed by atoms with E-state index in [0.717, 1.165) is 6.07 Å². The molecule has 0 saturated carbocycles. The maximum Gasteiger partial charge on any atom is 0.189 e. The lowest BCUT2D eigenvalue weighted by Crippen LogP contribution is -2.43. The van der Waals surface area contributed by atoms with Crippen molar-refractivity contribution in [2.24, 2.45) is 0 Å². The molecule has 0 N–H and O–H groups in total. The van der Waals surface area contributed by atoms with Crippen LogP contribution in [0.4, 0.5) is 8.78 Å². The van der Waals surface area contributed by atoms with Crippen LogP contribution in [0.15, 0.2) is 18.2 Å². The zero-order valence-electron chi connectivity index (χ0n) is 16.8. The fraction of sp³-hybridized carbons (Fsp3) is 0.684. The van der Waals surface area contributed by atoms with Gasteiger partial charge >= 0.3 is 0 Å². The standard InChI is InChI=1S/C19H33F2N2OP/c1-13(2)22(14(3)4)25(23(15(5)6)16(7)8)24-12-17-9-10-18(20)19(21)11-17/h9-11,13-16H,12H2,1-8H3. The predicted molar refractivity (Wildman–Crippen MR) is 102 cm³/mol. The largest absolute Gasteiger partial charge is 0.326 e. The van der Waals surface area contributed by atoms with Gasteiger partial charge in [0, 0.05) is 24.2 Å². The molecule has 0 atom stereocenters. The first-order valence-electron chi connectivity index (χ1n) is 8.99. The van der Waals surface area contributed by atoms with E-state index in [1.54, 1.807) is 6.07 Å². The lowest BCUT2D eigenvalue weighted by Gasteiger charge is -2.45. The van der Waals surface area contributed by atoms with Gasteiger partial charge in [-0.3, -0.25) is 0 Å². The zero-order valence-corrected chi connectivity index (χ0v) is 17.6. The second-order valence-electron chi connectivity index (χ2n) is 7.41. The molecule has 1 aromatic carbocycles. The smallest absolute Gasteiger partial charge is 0.189 e. The molecule has 3 nitrogen and oxygen atoms in total. The molecule has 0 fully saturated rings. The van der Waals surface area contributed by atoms with Crippen molar-refractivity contribution < 1.29 is 13.3 Å². The summed E-state index contributed by atoms with van der Waals surface area (Å²) in [7, 11) is -1.04. The number of halogens is 2. The average Bonchev–Trinajstić information content (AvgIpc) is 2.46. The second-order valence-corrected chi connectivity index (χ2v) is 9.10. The minimum absolute atomic E-state index is 0.259. The topological polar surface area (TPSA) is 15.7 Å². The maximum absolute atomic E-state index is 13.5. The van der Waals surface area contributed by atoms with Crippen molar-refractivity contribution in [1.29, 1.82) is 0 Å². The van der Waals surface area contributed by atoms with Crippen molar-refractivity contribution in [2.75, 3.05) is 0 Å². The van der Waals surface area contributed by atoms with Gasteiger partial charge in [-0.05, 0) is 73.1 Å². The Bertz CT molecular complexity index is 502. The third-order valence-corrected chi connectivity index (χ3v) is 6.84.